The minimum absolute atomic E-state index is 0. The summed E-state index contributed by atoms with van der Waals surface area (Å²) in [6.07, 6.45) is 2.08. The quantitative estimate of drug-likeness (QED) is 0.578. The smallest absolute Gasteiger partial charge is 0.748 e. The summed E-state index contributed by atoms with van der Waals surface area (Å²) < 4.78 is 32.6. The molecule has 2 aromatic rings. The summed E-state index contributed by atoms with van der Waals surface area (Å²) in [4.78, 5) is 4.31. The Balaban J connectivity index is 0.00000208. The standard InChI is InChI=1S/C17H17NO3S2.Na/c1-2-13-8-9-17-15(12-13)18(10-5-11-23(19,20)21)14-6-3-4-7-16(14)22-17;/h2-4,6-9,12H,1,5,10-11H2,(H,19,20,21);/q;+1/p-1. The fourth-order valence-electron chi connectivity index (χ4n) is 2.61. The summed E-state index contributed by atoms with van der Waals surface area (Å²) in [6, 6.07) is 14.1. The van der Waals surface area contributed by atoms with Gasteiger partial charge in [-0.15, -0.1) is 0 Å². The number of hydrogen-bond acceptors (Lipinski definition) is 5. The largest absolute Gasteiger partial charge is 1.00 e. The molecule has 0 radical (unpaired) electrons. The van der Waals surface area contributed by atoms with Crippen LogP contribution < -0.4 is 34.5 Å². The fraction of sp³-hybridized carbons (Fsp3) is 0.176. The van der Waals surface area contributed by atoms with Gasteiger partial charge in [-0.1, -0.05) is 42.6 Å². The molecule has 0 atom stereocenters. The van der Waals surface area contributed by atoms with Crippen LogP contribution in [0.2, 0.25) is 0 Å². The van der Waals surface area contributed by atoms with Gasteiger partial charge in [0.1, 0.15) is 0 Å². The van der Waals surface area contributed by atoms with Gasteiger partial charge in [0.25, 0.3) is 0 Å². The molecular weight excluding hydrogens is 353 g/mol. The first-order valence-corrected chi connectivity index (χ1v) is 9.62. The second-order valence-corrected chi connectivity index (χ2v) is 7.88. The van der Waals surface area contributed by atoms with Crippen LogP contribution in [0.1, 0.15) is 12.0 Å². The zero-order valence-corrected chi connectivity index (χ0v) is 17.1. The Morgan fingerprint density at radius 2 is 1.83 bits per heavy atom. The van der Waals surface area contributed by atoms with Crippen LogP contribution in [-0.2, 0) is 10.1 Å². The Bertz CT molecular complexity index is 853. The molecule has 1 heterocycles. The van der Waals surface area contributed by atoms with Crippen molar-refractivity contribution in [2.75, 3.05) is 17.2 Å². The maximum absolute atomic E-state index is 10.9. The second-order valence-electron chi connectivity index (χ2n) is 5.27. The molecule has 0 spiro atoms. The van der Waals surface area contributed by atoms with Crippen molar-refractivity contribution in [3.63, 3.8) is 0 Å². The zero-order chi connectivity index (χ0) is 16.4. The summed E-state index contributed by atoms with van der Waals surface area (Å²) >= 11 is 1.69. The Morgan fingerprint density at radius 1 is 1.12 bits per heavy atom. The normalized spacial score (nSPS) is 12.8. The molecule has 0 saturated carbocycles. The number of anilines is 2. The van der Waals surface area contributed by atoms with E-state index in [0.717, 1.165) is 26.7 Å². The van der Waals surface area contributed by atoms with E-state index in [2.05, 4.69) is 11.5 Å². The third-order valence-electron chi connectivity index (χ3n) is 3.66. The Hall–Kier alpha value is -0.760. The molecule has 0 amide bonds. The molecule has 1 aliphatic heterocycles. The molecule has 0 N–H and O–H groups in total. The number of hydrogen-bond donors (Lipinski definition) is 0. The minimum atomic E-state index is -4.19. The van der Waals surface area contributed by atoms with Crippen LogP contribution in [0.15, 0.2) is 58.8 Å². The van der Waals surface area contributed by atoms with Crippen LogP contribution in [0.4, 0.5) is 11.4 Å². The van der Waals surface area contributed by atoms with E-state index < -0.39 is 10.1 Å². The van der Waals surface area contributed by atoms with E-state index in [9.17, 15) is 13.0 Å². The zero-order valence-electron chi connectivity index (χ0n) is 13.4. The van der Waals surface area contributed by atoms with Gasteiger partial charge < -0.3 is 9.45 Å². The molecule has 1 aliphatic rings. The molecule has 7 heteroatoms. The Kier molecular flexibility index (Phi) is 6.59. The van der Waals surface area contributed by atoms with Crippen LogP contribution in [0.3, 0.4) is 0 Å². The molecule has 24 heavy (non-hydrogen) atoms. The Morgan fingerprint density at radius 3 is 2.54 bits per heavy atom. The van der Waals surface area contributed by atoms with E-state index in [1.165, 1.54) is 0 Å². The number of benzene rings is 2. The number of fused-ring (bicyclic) bond motifs is 2. The van der Waals surface area contributed by atoms with Crippen molar-refractivity contribution in [3.05, 3.63) is 54.6 Å². The maximum atomic E-state index is 10.9. The van der Waals surface area contributed by atoms with Gasteiger partial charge >= 0.3 is 29.6 Å². The molecule has 0 bridgehead atoms. The molecule has 3 rings (SSSR count). The first kappa shape index (κ1) is 19.6. The Labute approximate surface area is 169 Å². The van der Waals surface area contributed by atoms with Crippen LogP contribution >= 0.6 is 11.8 Å². The van der Waals surface area contributed by atoms with Crippen molar-refractivity contribution >= 4 is 39.3 Å². The van der Waals surface area contributed by atoms with Crippen LogP contribution in [0.5, 0.6) is 0 Å². The van der Waals surface area contributed by atoms with Crippen molar-refractivity contribution in [2.45, 2.75) is 16.2 Å². The molecule has 2 aromatic carbocycles. The number of rotatable bonds is 5. The summed E-state index contributed by atoms with van der Waals surface area (Å²) in [5, 5.41) is 0. The summed E-state index contributed by atoms with van der Waals surface area (Å²) in [5.74, 6) is -0.352. The first-order chi connectivity index (χ1) is 11.0. The monoisotopic (exact) mass is 369 g/mol. The van der Waals surface area contributed by atoms with Gasteiger partial charge in [-0.05, 0) is 36.2 Å². The van der Waals surface area contributed by atoms with Gasteiger partial charge in [0, 0.05) is 22.1 Å². The van der Waals surface area contributed by atoms with Crippen molar-refractivity contribution in [1.29, 1.82) is 0 Å². The van der Waals surface area contributed by atoms with Gasteiger partial charge in [0.05, 0.1) is 21.5 Å². The van der Waals surface area contributed by atoms with Gasteiger partial charge in [-0.25, -0.2) is 8.42 Å². The van der Waals surface area contributed by atoms with Crippen LogP contribution in [0, 0.1) is 0 Å². The summed E-state index contributed by atoms with van der Waals surface area (Å²) in [6.45, 7) is 4.28. The van der Waals surface area contributed by atoms with E-state index >= 15 is 0 Å². The SMILES string of the molecule is C=Cc1ccc2c(c1)N(CCCS(=O)(=O)[O-])c1ccccc1S2.[Na+]. The minimum Gasteiger partial charge on any atom is -0.748 e. The van der Waals surface area contributed by atoms with Crippen LogP contribution in [0.25, 0.3) is 6.08 Å². The third-order valence-corrected chi connectivity index (χ3v) is 5.58. The van der Waals surface area contributed by atoms with Gasteiger partial charge in [-0.3, -0.25) is 0 Å². The summed E-state index contributed by atoms with van der Waals surface area (Å²) in [7, 11) is -4.19. The van der Waals surface area contributed by atoms with E-state index in [4.69, 9.17) is 0 Å². The molecule has 120 valence electrons. The van der Waals surface area contributed by atoms with Gasteiger partial charge in [0.2, 0.25) is 0 Å². The first-order valence-electron chi connectivity index (χ1n) is 7.22. The van der Waals surface area contributed by atoms with Crippen molar-refractivity contribution in [3.8, 4) is 0 Å². The average molecular weight is 369 g/mol. The molecule has 0 aliphatic carbocycles. The molecule has 0 saturated heterocycles. The topological polar surface area (TPSA) is 60.4 Å². The predicted molar refractivity (Wildman–Crippen MR) is 93.3 cm³/mol. The average Bonchev–Trinajstić information content (AvgIpc) is 2.52. The van der Waals surface area contributed by atoms with E-state index in [0.29, 0.717) is 13.0 Å². The number of nitrogens with zero attached hydrogens (tertiary/aromatic N) is 1. The molecule has 4 nitrogen and oxygen atoms in total. The third kappa shape index (κ3) is 4.45. The van der Waals surface area contributed by atoms with E-state index in [1.54, 1.807) is 17.8 Å². The molecular formula is C17H16NNaO3S2. The van der Waals surface area contributed by atoms with Gasteiger partial charge in [-0.2, -0.15) is 0 Å². The van der Waals surface area contributed by atoms with Crippen molar-refractivity contribution in [2.24, 2.45) is 0 Å². The molecule has 0 aromatic heterocycles. The summed E-state index contributed by atoms with van der Waals surface area (Å²) in [5.41, 5.74) is 3.06. The molecule has 0 fully saturated rings. The van der Waals surface area contributed by atoms with Crippen molar-refractivity contribution < 1.29 is 42.5 Å². The van der Waals surface area contributed by atoms with Gasteiger partial charge in [0.15, 0.2) is 0 Å². The fourth-order valence-corrected chi connectivity index (χ4v) is 4.17. The molecule has 0 unspecified atom stereocenters. The van der Waals surface area contributed by atoms with E-state index in [1.807, 2.05) is 42.5 Å². The van der Waals surface area contributed by atoms with Crippen molar-refractivity contribution in [1.82, 2.24) is 0 Å². The number of para-hydroxylation sites is 1. The maximum Gasteiger partial charge on any atom is 1.00 e. The van der Waals surface area contributed by atoms with Crippen LogP contribution in [-0.4, -0.2) is 25.3 Å². The van der Waals surface area contributed by atoms with E-state index in [-0.39, 0.29) is 35.3 Å². The predicted octanol–water partition coefficient (Wildman–Crippen LogP) is 0.872. The second kappa shape index (κ2) is 8.08.